The van der Waals surface area contributed by atoms with E-state index >= 15 is 0 Å². The maximum absolute atomic E-state index is 5.82. The van der Waals surface area contributed by atoms with Gasteiger partial charge < -0.3 is 20.9 Å². The van der Waals surface area contributed by atoms with E-state index in [1.165, 1.54) is 12.8 Å². The number of imidazole rings is 1. The van der Waals surface area contributed by atoms with Gasteiger partial charge in [-0.3, -0.25) is 0 Å². The number of rotatable bonds is 1. The average molecular weight is 259 g/mol. The molecule has 0 aliphatic carbocycles. The number of aromatic amines is 1. The van der Waals surface area contributed by atoms with Gasteiger partial charge in [0.15, 0.2) is 11.5 Å². The largest absolute Gasteiger partial charge is 0.368 e. The van der Waals surface area contributed by atoms with Crippen LogP contribution >= 0.6 is 0 Å². The van der Waals surface area contributed by atoms with Crippen LogP contribution in [0.4, 0.5) is 11.8 Å². The molecule has 2 bridgehead atoms. The number of anilines is 2. The highest BCUT2D eigenvalue weighted by molar-refractivity contribution is 5.84. The summed E-state index contributed by atoms with van der Waals surface area (Å²) in [6, 6.07) is 1.04. The Morgan fingerprint density at radius 1 is 1.21 bits per heavy atom. The Kier molecular flexibility index (Phi) is 2.34. The summed E-state index contributed by atoms with van der Waals surface area (Å²) in [5, 5.41) is 3.49. The average Bonchev–Trinajstić information content (AvgIpc) is 2.91. The smallest absolute Gasteiger partial charge is 0.224 e. The molecule has 7 heteroatoms. The van der Waals surface area contributed by atoms with E-state index < -0.39 is 0 Å². The fourth-order valence-corrected chi connectivity index (χ4v) is 3.35. The van der Waals surface area contributed by atoms with Crippen LogP contribution in [0.15, 0.2) is 6.33 Å². The zero-order chi connectivity index (χ0) is 12.8. The fourth-order valence-electron chi connectivity index (χ4n) is 3.35. The summed E-state index contributed by atoms with van der Waals surface area (Å²) in [5.74, 6) is 1.21. The quantitative estimate of drug-likeness (QED) is 0.680. The van der Waals surface area contributed by atoms with E-state index in [-0.39, 0.29) is 0 Å². The van der Waals surface area contributed by atoms with Crippen LogP contribution in [0.2, 0.25) is 0 Å². The molecule has 4 heterocycles. The van der Waals surface area contributed by atoms with E-state index in [1.54, 1.807) is 6.33 Å². The lowest BCUT2D eigenvalue weighted by atomic mass is 10.1. The molecular formula is C12H17N7. The van der Waals surface area contributed by atoms with Crippen molar-refractivity contribution in [3.63, 3.8) is 0 Å². The number of H-pyrrole nitrogens is 1. The predicted molar refractivity (Wildman–Crippen MR) is 72.9 cm³/mol. The van der Waals surface area contributed by atoms with Crippen molar-refractivity contribution in [3.05, 3.63) is 6.33 Å². The number of hydrogen-bond donors (Lipinski definition) is 3. The molecule has 4 rings (SSSR count). The minimum absolute atomic E-state index is 0.297. The van der Waals surface area contributed by atoms with E-state index in [4.69, 9.17) is 5.73 Å². The van der Waals surface area contributed by atoms with Crippen LogP contribution < -0.4 is 16.0 Å². The number of aromatic nitrogens is 4. The molecule has 100 valence electrons. The Hall–Kier alpha value is -1.89. The summed E-state index contributed by atoms with van der Waals surface area (Å²) >= 11 is 0. The molecule has 2 saturated heterocycles. The van der Waals surface area contributed by atoms with Gasteiger partial charge in [-0.25, -0.2) is 4.98 Å². The lowest BCUT2D eigenvalue weighted by Gasteiger charge is -2.29. The van der Waals surface area contributed by atoms with Crippen LogP contribution in [0, 0.1) is 0 Å². The second-order valence-corrected chi connectivity index (χ2v) is 5.29. The summed E-state index contributed by atoms with van der Waals surface area (Å²) in [7, 11) is 0. The van der Waals surface area contributed by atoms with Crippen LogP contribution in [-0.4, -0.2) is 45.1 Å². The summed E-state index contributed by atoms with van der Waals surface area (Å²) in [6.07, 6.45) is 5.24. The maximum atomic E-state index is 5.82. The second-order valence-electron chi connectivity index (χ2n) is 5.29. The molecule has 0 amide bonds. The molecule has 2 aromatic rings. The molecule has 2 aliphatic rings. The van der Waals surface area contributed by atoms with Crippen LogP contribution in [0.3, 0.4) is 0 Å². The molecule has 2 aromatic heterocycles. The van der Waals surface area contributed by atoms with Gasteiger partial charge in [0.1, 0.15) is 5.52 Å². The van der Waals surface area contributed by atoms with Crippen LogP contribution in [0.25, 0.3) is 11.2 Å². The molecule has 2 fully saturated rings. The molecule has 7 nitrogen and oxygen atoms in total. The highest BCUT2D eigenvalue weighted by Gasteiger charge is 2.37. The number of fused-ring (bicyclic) bond motifs is 3. The third kappa shape index (κ3) is 1.65. The van der Waals surface area contributed by atoms with Gasteiger partial charge in [0.2, 0.25) is 5.95 Å². The van der Waals surface area contributed by atoms with Gasteiger partial charge in [0.05, 0.1) is 6.33 Å². The molecular weight excluding hydrogens is 242 g/mol. The Balaban J connectivity index is 1.87. The van der Waals surface area contributed by atoms with E-state index in [9.17, 15) is 0 Å². The third-order valence-corrected chi connectivity index (χ3v) is 4.18. The first kappa shape index (κ1) is 11.0. The van der Waals surface area contributed by atoms with Gasteiger partial charge in [-0.1, -0.05) is 0 Å². The maximum Gasteiger partial charge on any atom is 0.224 e. The Morgan fingerprint density at radius 2 is 2.11 bits per heavy atom. The van der Waals surface area contributed by atoms with Gasteiger partial charge in [-0.05, 0) is 25.8 Å². The first-order valence-electron chi connectivity index (χ1n) is 6.78. The SMILES string of the molecule is Nc1nc(N2[C@H]3CCNC[C@@H]2CC3)c2[nH]cnc2n1. The fraction of sp³-hybridized carbons (Fsp3) is 0.583. The number of nitrogens with zero attached hydrogens (tertiary/aromatic N) is 4. The standard InChI is InChI=1S/C12H17N7/c13-12-17-10-9(15-6-16-10)11(18-12)19-7-1-2-8(19)5-14-4-3-7/h6-8,14H,1-5H2,(H3,13,15,16,17,18)/t7-,8+/m1/s1. The topological polar surface area (TPSA) is 95.8 Å². The van der Waals surface area contributed by atoms with Gasteiger partial charge in [-0.2, -0.15) is 9.97 Å². The van der Waals surface area contributed by atoms with E-state index in [2.05, 4.69) is 30.2 Å². The van der Waals surface area contributed by atoms with Gasteiger partial charge in [-0.15, -0.1) is 0 Å². The minimum Gasteiger partial charge on any atom is -0.368 e. The monoisotopic (exact) mass is 259 g/mol. The van der Waals surface area contributed by atoms with Crippen molar-refractivity contribution in [1.82, 2.24) is 25.3 Å². The van der Waals surface area contributed by atoms with Crippen LogP contribution in [0.1, 0.15) is 19.3 Å². The number of nitrogen functional groups attached to an aromatic ring is 1. The van der Waals surface area contributed by atoms with E-state index in [0.717, 1.165) is 30.8 Å². The normalized spacial score (nSPS) is 26.8. The molecule has 0 aromatic carbocycles. The minimum atomic E-state index is 0.297. The molecule has 19 heavy (non-hydrogen) atoms. The van der Waals surface area contributed by atoms with Crippen molar-refractivity contribution in [2.45, 2.75) is 31.3 Å². The summed E-state index contributed by atoms with van der Waals surface area (Å²) < 4.78 is 0. The molecule has 4 N–H and O–H groups in total. The first-order valence-corrected chi connectivity index (χ1v) is 6.78. The molecule has 0 unspecified atom stereocenters. The van der Waals surface area contributed by atoms with Gasteiger partial charge in [0.25, 0.3) is 0 Å². The zero-order valence-electron chi connectivity index (χ0n) is 10.6. The van der Waals surface area contributed by atoms with Crippen molar-refractivity contribution in [2.75, 3.05) is 23.7 Å². The highest BCUT2D eigenvalue weighted by Crippen LogP contribution is 2.35. The van der Waals surface area contributed by atoms with Gasteiger partial charge in [0, 0.05) is 18.6 Å². The second kappa shape index (κ2) is 4.06. The Bertz CT molecular complexity index is 593. The molecule has 0 spiro atoms. The Morgan fingerprint density at radius 3 is 3.05 bits per heavy atom. The molecule has 0 saturated carbocycles. The molecule has 2 aliphatic heterocycles. The molecule has 0 radical (unpaired) electrons. The van der Waals surface area contributed by atoms with Crippen molar-refractivity contribution < 1.29 is 0 Å². The lowest BCUT2D eigenvalue weighted by molar-refractivity contribution is 0.567. The number of nitrogens with one attached hydrogen (secondary N) is 2. The number of nitrogens with two attached hydrogens (primary N) is 1. The summed E-state index contributed by atoms with van der Waals surface area (Å²) in [5.41, 5.74) is 7.37. The van der Waals surface area contributed by atoms with E-state index in [0.29, 0.717) is 23.7 Å². The lowest BCUT2D eigenvalue weighted by Crippen LogP contribution is -2.38. The Labute approximate surface area is 110 Å². The van der Waals surface area contributed by atoms with E-state index in [1.807, 2.05) is 0 Å². The zero-order valence-corrected chi connectivity index (χ0v) is 10.6. The predicted octanol–water partition coefficient (Wildman–Crippen LogP) is 0.266. The highest BCUT2D eigenvalue weighted by atomic mass is 15.3. The number of hydrogen-bond acceptors (Lipinski definition) is 6. The van der Waals surface area contributed by atoms with Crippen molar-refractivity contribution >= 4 is 22.9 Å². The van der Waals surface area contributed by atoms with Crippen molar-refractivity contribution in [2.24, 2.45) is 0 Å². The van der Waals surface area contributed by atoms with Crippen molar-refractivity contribution in [3.8, 4) is 0 Å². The third-order valence-electron chi connectivity index (χ3n) is 4.18. The van der Waals surface area contributed by atoms with Crippen LogP contribution in [-0.2, 0) is 0 Å². The summed E-state index contributed by atoms with van der Waals surface area (Å²) in [6.45, 7) is 2.08. The molecule has 2 atom stereocenters. The van der Waals surface area contributed by atoms with Crippen molar-refractivity contribution in [1.29, 1.82) is 0 Å². The van der Waals surface area contributed by atoms with Gasteiger partial charge >= 0.3 is 0 Å². The van der Waals surface area contributed by atoms with Crippen LogP contribution in [0.5, 0.6) is 0 Å². The summed E-state index contributed by atoms with van der Waals surface area (Å²) in [4.78, 5) is 18.4. The first-order chi connectivity index (χ1) is 9.33.